The molecule has 0 N–H and O–H groups in total. The molecule has 160 valence electrons. The number of benzene rings is 2. The summed E-state index contributed by atoms with van der Waals surface area (Å²) < 4.78 is 34.9. The van der Waals surface area contributed by atoms with Crippen LogP contribution in [0.2, 0.25) is 0 Å². The van der Waals surface area contributed by atoms with Crippen LogP contribution in [0, 0.1) is 0 Å². The van der Waals surface area contributed by atoms with Crippen LogP contribution >= 0.6 is 0 Å². The van der Waals surface area contributed by atoms with Crippen LogP contribution < -0.4 is 10.3 Å². The normalized spacial score (nSPS) is 11.8. The number of hydrogen-bond acceptors (Lipinski definition) is 5. The molecule has 7 nitrogen and oxygen atoms in total. The van der Waals surface area contributed by atoms with Gasteiger partial charge in [-0.25, -0.2) is 17.4 Å². The van der Waals surface area contributed by atoms with Gasteiger partial charge in [0.25, 0.3) is 15.6 Å². The number of hydrogen-bond donors (Lipinski definition) is 0. The van der Waals surface area contributed by atoms with E-state index >= 15 is 0 Å². The monoisotopic (exact) mass is 445 g/mol. The van der Waals surface area contributed by atoms with Crippen molar-refractivity contribution in [2.24, 2.45) is 7.05 Å². The third kappa shape index (κ3) is 2.84. The summed E-state index contributed by atoms with van der Waals surface area (Å²) in [7, 11) is -0.673. The summed E-state index contributed by atoms with van der Waals surface area (Å²) >= 11 is 0. The van der Waals surface area contributed by atoms with Gasteiger partial charge in [0.05, 0.1) is 34.7 Å². The zero-order valence-corrected chi connectivity index (χ0v) is 18.2. The molecule has 5 rings (SSSR count). The maximum atomic E-state index is 13.2. The van der Waals surface area contributed by atoms with Crippen LogP contribution in [-0.2, 0) is 17.1 Å². The Morgan fingerprint density at radius 2 is 1.59 bits per heavy atom. The van der Waals surface area contributed by atoms with E-state index in [9.17, 15) is 13.2 Å². The van der Waals surface area contributed by atoms with Gasteiger partial charge in [0.2, 0.25) is 0 Å². The highest BCUT2D eigenvalue weighted by Gasteiger charge is 2.24. The lowest BCUT2D eigenvalue weighted by atomic mass is 10.0. The number of aromatic nitrogens is 3. The fraction of sp³-hybridized carbons (Fsp3) is 0.0833. The van der Waals surface area contributed by atoms with Gasteiger partial charge in [-0.3, -0.25) is 4.79 Å². The first-order valence-corrected chi connectivity index (χ1v) is 11.3. The Morgan fingerprint density at radius 1 is 0.938 bits per heavy atom. The largest absolute Gasteiger partial charge is 0.495 e. The summed E-state index contributed by atoms with van der Waals surface area (Å²) in [6.45, 7) is 0. The van der Waals surface area contributed by atoms with Gasteiger partial charge >= 0.3 is 0 Å². The zero-order valence-electron chi connectivity index (χ0n) is 17.4. The van der Waals surface area contributed by atoms with E-state index in [1.165, 1.54) is 24.1 Å². The predicted octanol–water partition coefficient (Wildman–Crippen LogP) is 3.80. The van der Waals surface area contributed by atoms with Crippen molar-refractivity contribution in [1.29, 1.82) is 0 Å². The molecule has 0 radical (unpaired) electrons. The van der Waals surface area contributed by atoms with Gasteiger partial charge in [0.15, 0.2) is 5.65 Å². The van der Waals surface area contributed by atoms with Gasteiger partial charge in [0, 0.05) is 18.6 Å². The third-order valence-corrected chi connectivity index (χ3v) is 7.24. The smallest absolute Gasteiger partial charge is 0.269 e. The number of ether oxygens (including phenoxy) is 1. The lowest BCUT2D eigenvalue weighted by molar-refractivity contribution is 0.420. The lowest BCUT2D eigenvalue weighted by Crippen LogP contribution is -2.20. The molecule has 5 aromatic rings. The predicted molar refractivity (Wildman–Crippen MR) is 123 cm³/mol. The van der Waals surface area contributed by atoms with Crippen LogP contribution in [0.25, 0.3) is 33.1 Å². The highest BCUT2D eigenvalue weighted by Crippen LogP contribution is 2.38. The second kappa shape index (κ2) is 7.35. The molecule has 0 saturated heterocycles. The zero-order chi connectivity index (χ0) is 22.5. The minimum atomic E-state index is -3.85. The molecule has 0 spiro atoms. The number of aryl methyl sites for hydroxylation is 1. The third-order valence-electron chi connectivity index (χ3n) is 5.56. The molecular formula is C24H19N3O4S. The quantitative estimate of drug-likeness (QED) is 0.420. The van der Waals surface area contributed by atoms with Gasteiger partial charge in [0.1, 0.15) is 5.75 Å². The number of methoxy groups -OCH3 is 1. The number of rotatable bonds is 4. The highest BCUT2D eigenvalue weighted by molar-refractivity contribution is 7.90. The minimum Gasteiger partial charge on any atom is -0.495 e. The summed E-state index contributed by atoms with van der Waals surface area (Å²) in [5.41, 5.74) is 1.71. The van der Waals surface area contributed by atoms with Crippen molar-refractivity contribution in [1.82, 2.24) is 13.5 Å². The Morgan fingerprint density at radius 3 is 2.25 bits per heavy atom. The van der Waals surface area contributed by atoms with Crippen molar-refractivity contribution in [3.05, 3.63) is 89.5 Å². The molecular weight excluding hydrogens is 426 g/mol. The number of fused-ring (bicyclic) bond motifs is 3. The van der Waals surface area contributed by atoms with Crippen LogP contribution in [0.15, 0.2) is 88.8 Å². The molecule has 32 heavy (non-hydrogen) atoms. The minimum absolute atomic E-state index is 0.164. The Kier molecular flexibility index (Phi) is 4.60. The van der Waals surface area contributed by atoms with Gasteiger partial charge in [-0.2, -0.15) is 0 Å². The van der Waals surface area contributed by atoms with Gasteiger partial charge in [-0.1, -0.05) is 48.5 Å². The molecule has 0 saturated carbocycles. The van der Waals surface area contributed by atoms with Gasteiger partial charge in [-0.15, -0.1) is 0 Å². The maximum absolute atomic E-state index is 13.2. The van der Waals surface area contributed by atoms with Gasteiger partial charge in [-0.05, 0) is 23.8 Å². The van der Waals surface area contributed by atoms with E-state index in [0.717, 1.165) is 3.97 Å². The fourth-order valence-electron chi connectivity index (χ4n) is 4.01. The molecule has 0 atom stereocenters. The van der Waals surface area contributed by atoms with Crippen molar-refractivity contribution >= 4 is 32.0 Å². The summed E-state index contributed by atoms with van der Waals surface area (Å²) in [4.78, 5) is 17.8. The molecule has 8 heteroatoms. The molecule has 0 amide bonds. The number of nitrogens with zero attached hydrogens (tertiary/aromatic N) is 3. The summed E-state index contributed by atoms with van der Waals surface area (Å²) in [6.07, 6.45) is 2.99. The van der Waals surface area contributed by atoms with E-state index in [1.807, 2.05) is 30.3 Å². The first-order valence-electron chi connectivity index (χ1n) is 9.88. The molecule has 0 bridgehead atoms. The fourth-order valence-corrected chi connectivity index (χ4v) is 5.33. The molecule has 0 aliphatic rings. The molecule has 0 aliphatic carbocycles. The topological polar surface area (TPSA) is 83.2 Å². The van der Waals surface area contributed by atoms with E-state index < -0.39 is 10.0 Å². The van der Waals surface area contributed by atoms with Gasteiger partial charge < -0.3 is 9.30 Å². The van der Waals surface area contributed by atoms with Crippen LogP contribution in [0.3, 0.4) is 0 Å². The highest BCUT2D eigenvalue weighted by atomic mass is 32.2. The molecule has 0 fully saturated rings. The first-order chi connectivity index (χ1) is 15.4. The molecule has 3 heterocycles. The molecule has 3 aromatic heterocycles. The maximum Gasteiger partial charge on any atom is 0.269 e. The Hall–Kier alpha value is -3.91. The van der Waals surface area contributed by atoms with E-state index in [4.69, 9.17) is 4.74 Å². The lowest BCUT2D eigenvalue weighted by Gasteiger charge is -2.15. The first kappa shape index (κ1) is 20.0. The van der Waals surface area contributed by atoms with Crippen LogP contribution in [0.5, 0.6) is 5.75 Å². The standard InChI is InChI=1S/C24H19N3O4S/c1-26-19-15-25-23-18(13-14-27(23)32(29,30)17-11-7-4-8-12-17)21(19)22(31-2)20(24(26)28)16-9-5-3-6-10-16/h3-15H,1-2H3. The average Bonchev–Trinajstić information content (AvgIpc) is 3.27. The van der Waals surface area contributed by atoms with Crippen molar-refractivity contribution in [3.8, 4) is 16.9 Å². The van der Waals surface area contributed by atoms with E-state index in [-0.39, 0.29) is 16.1 Å². The van der Waals surface area contributed by atoms with Crippen molar-refractivity contribution < 1.29 is 13.2 Å². The van der Waals surface area contributed by atoms with E-state index in [1.54, 1.807) is 43.4 Å². The van der Waals surface area contributed by atoms with Crippen molar-refractivity contribution in [2.45, 2.75) is 4.90 Å². The Balaban J connectivity index is 1.89. The average molecular weight is 446 g/mol. The Bertz CT molecular complexity index is 1640. The van der Waals surface area contributed by atoms with Crippen molar-refractivity contribution in [2.75, 3.05) is 7.11 Å². The van der Waals surface area contributed by atoms with Crippen LogP contribution in [0.1, 0.15) is 0 Å². The molecule has 0 aliphatic heterocycles. The second-order valence-electron chi connectivity index (χ2n) is 7.32. The molecule has 2 aromatic carbocycles. The summed E-state index contributed by atoms with van der Waals surface area (Å²) in [5.74, 6) is 0.386. The molecule has 0 unspecified atom stereocenters. The Labute approximate surface area is 184 Å². The number of pyridine rings is 2. The van der Waals surface area contributed by atoms with Crippen LogP contribution in [0.4, 0.5) is 0 Å². The summed E-state index contributed by atoms with van der Waals surface area (Å²) in [5, 5.41) is 1.20. The van der Waals surface area contributed by atoms with Crippen molar-refractivity contribution in [3.63, 3.8) is 0 Å². The van der Waals surface area contributed by atoms with E-state index in [2.05, 4.69) is 4.98 Å². The second-order valence-corrected chi connectivity index (χ2v) is 9.14. The van der Waals surface area contributed by atoms with Crippen LogP contribution in [-0.4, -0.2) is 29.1 Å². The SMILES string of the molecule is COc1c(-c2ccccc2)c(=O)n(C)c2cnc3c(ccn3S(=O)(=O)c3ccccc3)c12. The van der Waals surface area contributed by atoms with E-state index in [0.29, 0.717) is 33.2 Å². The summed E-state index contributed by atoms with van der Waals surface area (Å²) in [6, 6.07) is 19.1.